The summed E-state index contributed by atoms with van der Waals surface area (Å²) in [6.07, 6.45) is -0.363. The van der Waals surface area contributed by atoms with Crippen LogP contribution in [-0.4, -0.2) is 24.7 Å². The van der Waals surface area contributed by atoms with Crippen LogP contribution < -0.4 is 10.6 Å². The molecule has 12 heavy (non-hydrogen) atoms. The van der Waals surface area contributed by atoms with Crippen molar-refractivity contribution in [3.8, 4) is 0 Å². The molecule has 2 unspecified atom stereocenters. The molecule has 0 aromatic carbocycles. The number of hydrogen-bond donors (Lipinski definition) is 3. The average Bonchev–Trinajstić information content (AvgIpc) is 2.53. The predicted octanol–water partition coefficient (Wildman–Crippen LogP) is 0.795. The van der Waals surface area contributed by atoms with E-state index in [1.54, 1.807) is 11.3 Å². The Balaban J connectivity index is 2.29. The summed E-state index contributed by atoms with van der Waals surface area (Å²) in [6, 6.07) is 2.10. The monoisotopic (exact) mass is 184 g/mol. The van der Waals surface area contributed by atoms with E-state index in [1.165, 1.54) is 0 Å². The SMILES string of the molecule is CNC1CNc2sccc2C1O. The highest BCUT2D eigenvalue weighted by Gasteiger charge is 2.26. The maximum atomic E-state index is 9.81. The number of rotatable bonds is 1. The van der Waals surface area contributed by atoms with Crippen molar-refractivity contribution in [1.82, 2.24) is 5.32 Å². The molecule has 1 aromatic heterocycles. The fourth-order valence-corrected chi connectivity index (χ4v) is 2.33. The third-order valence-corrected chi connectivity index (χ3v) is 3.14. The summed E-state index contributed by atoms with van der Waals surface area (Å²) in [5, 5.41) is 19.3. The normalized spacial score (nSPS) is 27.8. The summed E-state index contributed by atoms with van der Waals surface area (Å²) >= 11 is 1.64. The van der Waals surface area contributed by atoms with E-state index in [4.69, 9.17) is 0 Å². The van der Waals surface area contributed by atoms with Crippen LogP contribution in [0.1, 0.15) is 11.7 Å². The zero-order chi connectivity index (χ0) is 8.55. The molecule has 1 aromatic rings. The molecule has 0 fully saturated rings. The van der Waals surface area contributed by atoms with E-state index in [0.29, 0.717) is 0 Å². The van der Waals surface area contributed by atoms with E-state index in [9.17, 15) is 5.11 Å². The van der Waals surface area contributed by atoms with Gasteiger partial charge in [-0.05, 0) is 18.5 Å². The summed E-state index contributed by atoms with van der Waals surface area (Å²) in [5.74, 6) is 0. The van der Waals surface area contributed by atoms with Crippen molar-refractivity contribution in [2.24, 2.45) is 0 Å². The first kappa shape index (κ1) is 8.04. The largest absolute Gasteiger partial charge is 0.387 e. The standard InChI is InChI=1S/C8H12N2OS/c1-9-6-4-10-8-5(7(6)11)2-3-12-8/h2-3,6-7,9-11H,4H2,1H3. The summed E-state index contributed by atoms with van der Waals surface area (Å²) in [4.78, 5) is 0. The number of aliphatic hydroxyl groups excluding tert-OH is 1. The van der Waals surface area contributed by atoms with E-state index >= 15 is 0 Å². The molecule has 0 spiro atoms. The maximum absolute atomic E-state index is 9.81. The minimum Gasteiger partial charge on any atom is -0.387 e. The van der Waals surface area contributed by atoms with Gasteiger partial charge in [-0.2, -0.15) is 0 Å². The summed E-state index contributed by atoms with van der Waals surface area (Å²) in [5.41, 5.74) is 1.02. The summed E-state index contributed by atoms with van der Waals surface area (Å²) in [6.45, 7) is 0.797. The van der Waals surface area contributed by atoms with Crippen LogP contribution in [0.4, 0.5) is 5.00 Å². The van der Waals surface area contributed by atoms with E-state index < -0.39 is 0 Å². The van der Waals surface area contributed by atoms with Crippen molar-refractivity contribution in [3.63, 3.8) is 0 Å². The van der Waals surface area contributed by atoms with Crippen LogP contribution in [0.3, 0.4) is 0 Å². The fraction of sp³-hybridized carbons (Fsp3) is 0.500. The molecule has 3 nitrogen and oxygen atoms in total. The van der Waals surface area contributed by atoms with E-state index in [2.05, 4.69) is 10.6 Å². The Morgan fingerprint density at radius 1 is 1.75 bits per heavy atom. The Morgan fingerprint density at radius 3 is 3.33 bits per heavy atom. The van der Waals surface area contributed by atoms with Crippen LogP contribution in [0.2, 0.25) is 0 Å². The molecular weight excluding hydrogens is 172 g/mol. The van der Waals surface area contributed by atoms with E-state index in [0.717, 1.165) is 17.1 Å². The predicted molar refractivity (Wildman–Crippen MR) is 50.6 cm³/mol. The third kappa shape index (κ3) is 1.12. The van der Waals surface area contributed by atoms with E-state index in [-0.39, 0.29) is 12.1 Å². The number of aliphatic hydroxyl groups is 1. The second-order valence-corrected chi connectivity index (χ2v) is 3.84. The number of hydrogen-bond acceptors (Lipinski definition) is 4. The highest BCUT2D eigenvalue weighted by atomic mass is 32.1. The molecule has 0 radical (unpaired) electrons. The second-order valence-electron chi connectivity index (χ2n) is 2.93. The molecule has 2 heterocycles. The quantitative estimate of drug-likeness (QED) is 0.605. The molecule has 3 N–H and O–H groups in total. The highest BCUT2D eigenvalue weighted by molar-refractivity contribution is 7.14. The first-order chi connectivity index (χ1) is 5.83. The lowest BCUT2D eigenvalue weighted by Gasteiger charge is -2.28. The Hall–Kier alpha value is -0.580. The lowest BCUT2D eigenvalue weighted by atomic mass is 10.0. The van der Waals surface area contributed by atoms with Gasteiger partial charge in [0.15, 0.2) is 0 Å². The molecule has 0 aliphatic carbocycles. The Labute approximate surface area is 75.4 Å². The number of anilines is 1. The first-order valence-corrected chi connectivity index (χ1v) is 4.87. The molecular formula is C8H12N2OS. The van der Waals surface area contributed by atoms with Crippen molar-refractivity contribution < 1.29 is 5.11 Å². The smallest absolute Gasteiger partial charge is 0.0988 e. The van der Waals surface area contributed by atoms with Crippen molar-refractivity contribution >= 4 is 16.3 Å². The Morgan fingerprint density at radius 2 is 2.58 bits per heavy atom. The molecule has 4 heteroatoms. The molecule has 0 bridgehead atoms. The maximum Gasteiger partial charge on any atom is 0.0988 e. The summed E-state index contributed by atoms with van der Waals surface area (Å²) < 4.78 is 0. The van der Waals surface area contributed by atoms with Crippen LogP contribution in [0.5, 0.6) is 0 Å². The number of fused-ring (bicyclic) bond motifs is 1. The summed E-state index contributed by atoms with van der Waals surface area (Å²) in [7, 11) is 1.87. The van der Waals surface area contributed by atoms with Crippen LogP contribution in [0.15, 0.2) is 11.4 Å². The minimum absolute atomic E-state index is 0.132. The molecule has 0 saturated heterocycles. The Kier molecular flexibility index (Phi) is 2.04. The van der Waals surface area contributed by atoms with Gasteiger partial charge in [-0.3, -0.25) is 0 Å². The highest BCUT2D eigenvalue weighted by Crippen LogP contribution is 2.33. The number of nitrogens with one attached hydrogen (secondary N) is 2. The molecule has 2 rings (SSSR count). The van der Waals surface area contributed by atoms with Gasteiger partial charge in [0, 0.05) is 12.1 Å². The van der Waals surface area contributed by atoms with Gasteiger partial charge in [0.05, 0.1) is 17.1 Å². The van der Waals surface area contributed by atoms with Gasteiger partial charge in [-0.25, -0.2) is 0 Å². The average molecular weight is 184 g/mol. The van der Waals surface area contributed by atoms with Crippen molar-refractivity contribution in [1.29, 1.82) is 0 Å². The van der Waals surface area contributed by atoms with Gasteiger partial charge in [0.2, 0.25) is 0 Å². The number of likely N-dealkylation sites (N-methyl/N-ethyl adjacent to an activating group) is 1. The van der Waals surface area contributed by atoms with E-state index in [1.807, 2.05) is 18.5 Å². The van der Waals surface area contributed by atoms with Crippen molar-refractivity contribution in [2.45, 2.75) is 12.1 Å². The second kappa shape index (κ2) is 3.05. The molecule has 2 atom stereocenters. The Bertz CT molecular complexity index is 274. The molecule has 1 aliphatic heterocycles. The van der Waals surface area contributed by atoms with Crippen LogP contribution in [0.25, 0.3) is 0 Å². The zero-order valence-electron chi connectivity index (χ0n) is 6.87. The van der Waals surface area contributed by atoms with Crippen LogP contribution in [-0.2, 0) is 0 Å². The molecule has 0 amide bonds. The van der Waals surface area contributed by atoms with Gasteiger partial charge in [-0.15, -0.1) is 11.3 Å². The fourth-order valence-electron chi connectivity index (χ4n) is 1.49. The first-order valence-electron chi connectivity index (χ1n) is 3.99. The topological polar surface area (TPSA) is 44.3 Å². The lowest BCUT2D eigenvalue weighted by molar-refractivity contribution is 0.134. The van der Waals surface area contributed by atoms with Crippen LogP contribution in [0, 0.1) is 0 Å². The zero-order valence-corrected chi connectivity index (χ0v) is 7.69. The van der Waals surface area contributed by atoms with Crippen LogP contribution >= 0.6 is 11.3 Å². The van der Waals surface area contributed by atoms with Gasteiger partial charge < -0.3 is 15.7 Å². The van der Waals surface area contributed by atoms with Crippen molar-refractivity contribution in [3.05, 3.63) is 17.0 Å². The van der Waals surface area contributed by atoms with Gasteiger partial charge in [0.25, 0.3) is 0 Å². The van der Waals surface area contributed by atoms with Gasteiger partial charge in [0.1, 0.15) is 0 Å². The molecule has 1 aliphatic rings. The molecule has 0 saturated carbocycles. The van der Waals surface area contributed by atoms with Gasteiger partial charge >= 0.3 is 0 Å². The minimum atomic E-state index is -0.363. The third-order valence-electron chi connectivity index (χ3n) is 2.25. The lowest BCUT2D eigenvalue weighted by Crippen LogP contribution is -2.41. The number of thiophene rings is 1. The molecule has 66 valence electrons. The van der Waals surface area contributed by atoms with Gasteiger partial charge in [-0.1, -0.05) is 0 Å². The van der Waals surface area contributed by atoms with Crippen molar-refractivity contribution in [2.75, 3.05) is 18.9 Å².